The van der Waals surface area contributed by atoms with Crippen LogP contribution in [0.2, 0.25) is 0 Å². The van der Waals surface area contributed by atoms with Gasteiger partial charge in [0.2, 0.25) is 10.0 Å². The molecule has 0 aromatic heterocycles. The Bertz CT molecular complexity index is 609. The highest BCUT2D eigenvalue weighted by Gasteiger charge is 2.21. The van der Waals surface area contributed by atoms with Crippen molar-refractivity contribution in [3.8, 4) is 6.07 Å². The first kappa shape index (κ1) is 16.6. The molecule has 0 amide bonds. The fourth-order valence-corrected chi connectivity index (χ4v) is 3.04. The molecule has 0 spiro atoms. The SMILES string of the molecule is CC(C)CC(CO)NS(=O)(=O)c1ccc(F)c(C#N)c1. The van der Waals surface area contributed by atoms with Crippen LogP contribution in [0.1, 0.15) is 25.8 Å². The zero-order chi connectivity index (χ0) is 15.3. The van der Waals surface area contributed by atoms with Gasteiger partial charge in [0.1, 0.15) is 11.9 Å². The lowest BCUT2D eigenvalue weighted by Crippen LogP contribution is -2.38. The van der Waals surface area contributed by atoms with Crippen molar-refractivity contribution >= 4 is 10.0 Å². The number of nitrogens with zero attached hydrogens (tertiary/aromatic N) is 1. The molecule has 5 nitrogen and oxygen atoms in total. The molecule has 0 saturated carbocycles. The summed E-state index contributed by atoms with van der Waals surface area (Å²) in [6, 6.07) is 3.97. The minimum Gasteiger partial charge on any atom is -0.395 e. The number of nitrogens with one attached hydrogen (secondary N) is 1. The van der Waals surface area contributed by atoms with Gasteiger partial charge in [-0.15, -0.1) is 0 Å². The second-order valence-electron chi connectivity index (χ2n) is 4.88. The van der Waals surface area contributed by atoms with Crippen LogP contribution in [0.15, 0.2) is 23.1 Å². The molecule has 1 unspecified atom stereocenters. The van der Waals surface area contributed by atoms with E-state index in [-0.39, 0.29) is 23.0 Å². The number of benzene rings is 1. The van der Waals surface area contributed by atoms with Crippen LogP contribution in [0.5, 0.6) is 0 Å². The molecule has 1 rings (SSSR count). The van der Waals surface area contributed by atoms with E-state index in [1.54, 1.807) is 6.07 Å². The molecule has 0 aliphatic heterocycles. The molecule has 1 aromatic rings. The number of hydrogen-bond donors (Lipinski definition) is 2. The van der Waals surface area contributed by atoms with Gasteiger partial charge in [0.15, 0.2) is 0 Å². The molecule has 0 radical (unpaired) electrons. The van der Waals surface area contributed by atoms with Crippen LogP contribution >= 0.6 is 0 Å². The summed E-state index contributed by atoms with van der Waals surface area (Å²) >= 11 is 0. The van der Waals surface area contributed by atoms with Crippen molar-refractivity contribution in [2.24, 2.45) is 5.92 Å². The van der Waals surface area contributed by atoms with E-state index in [1.165, 1.54) is 0 Å². The highest BCUT2D eigenvalue weighted by Crippen LogP contribution is 2.16. The summed E-state index contributed by atoms with van der Waals surface area (Å²) in [5.74, 6) is -0.565. The van der Waals surface area contributed by atoms with Crippen molar-refractivity contribution in [3.63, 3.8) is 0 Å². The van der Waals surface area contributed by atoms with Crippen molar-refractivity contribution in [1.82, 2.24) is 4.72 Å². The maximum absolute atomic E-state index is 13.2. The van der Waals surface area contributed by atoms with E-state index >= 15 is 0 Å². The molecule has 0 heterocycles. The van der Waals surface area contributed by atoms with E-state index < -0.39 is 21.9 Å². The molecule has 110 valence electrons. The molecule has 0 bridgehead atoms. The molecule has 0 saturated heterocycles. The van der Waals surface area contributed by atoms with Gasteiger partial charge in [-0.25, -0.2) is 17.5 Å². The van der Waals surface area contributed by atoms with Gasteiger partial charge in [-0.1, -0.05) is 13.8 Å². The molecule has 2 N–H and O–H groups in total. The highest BCUT2D eigenvalue weighted by molar-refractivity contribution is 7.89. The van der Waals surface area contributed by atoms with Crippen molar-refractivity contribution in [3.05, 3.63) is 29.6 Å². The van der Waals surface area contributed by atoms with Crippen LogP contribution in [0.3, 0.4) is 0 Å². The summed E-state index contributed by atoms with van der Waals surface area (Å²) in [6.07, 6.45) is 0.474. The van der Waals surface area contributed by atoms with Crippen LogP contribution < -0.4 is 4.72 Å². The predicted molar refractivity (Wildman–Crippen MR) is 71.8 cm³/mol. The first-order valence-electron chi connectivity index (χ1n) is 6.13. The second kappa shape index (κ2) is 6.79. The van der Waals surface area contributed by atoms with Gasteiger partial charge in [0, 0.05) is 6.04 Å². The third kappa shape index (κ3) is 4.27. The number of aliphatic hydroxyl groups excluding tert-OH is 1. The average Bonchev–Trinajstić information content (AvgIpc) is 2.37. The Labute approximate surface area is 118 Å². The summed E-state index contributed by atoms with van der Waals surface area (Å²) in [5, 5.41) is 17.9. The average molecular weight is 300 g/mol. The largest absolute Gasteiger partial charge is 0.395 e. The van der Waals surface area contributed by atoms with Crippen molar-refractivity contribution in [2.75, 3.05) is 6.61 Å². The molecule has 7 heteroatoms. The maximum Gasteiger partial charge on any atom is 0.240 e. The minimum absolute atomic E-state index is 0.197. The Morgan fingerprint density at radius 1 is 1.45 bits per heavy atom. The van der Waals surface area contributed by atoms with Gasteiger partial charge in [-0.3, -0.25) is 0 Å². The molecule has 0 aliphatic rings. The van der Waals surface area contributed by atoms with Crippen LogP contribution in [0.4, 0.5) is 4.39 Å². The number of rotatable bonds is 6. The molecule has 1 atom stereocenters. The van der Waals surface area contributed by atoms with Gasteiger partial charge in [-0.05, 0) is 30.5 Å². The topological polar surface area (TPSA) is 90.2 Å². The molecular weight excluding hydrogens is 283 g/mol. The van der Waals surface area contributed by atoms with E-state index in [1.807, 2.05) is 13.8 Å². The van der Waals surface area contributed by atoms with E-state index in [2.05, 4.69) is 4.72 Å². The quantitative estimate of drug-likeness (QED) is 0.830. The van der Waals surface area contributed by atoms with Gasteiger partial charge < -0.3 is 5.11 Å². The Kier molecular flexibility index (Phi) is 5.62. The summed E-state index contributed by atoms with van der Waals surface area (Å²) < 4.78 is 39.7. The third-order valence-corrected chi connectivity index (χ3v) is 4.18. The number of halogens is 1. The van der Waals surface area contributed by atoms with E-state index in [9.17, 15) is 17.9 Å². The van der Waals surface area contributed by atoms with Gasteiger partial charge in [-0.2, -0.15) is 5.26 Å². The van der Waals surface area contributed by atoms with E-state index in [0.717, 1.165) is 18.2 Å². The lowest BCUT2D eigenvalue weighted by Gasteiger charge is -2.18. The summed E-state index contributed by atoms with van der Waals surface area (Å²) in [6.45, 7) is 3.48. The predicted octanol–water partition coefficient (Wildman–Crippen LogP) is 1.38. The molecule has 20 heavy (non-hydrogen) atoms. The van der Waals surface area contributed by atoms with Crippen molar-refractivity contribution in [2.45, 2.75) is 31.2 Å². The Morgan fingerprint density at radius 3 is 2.60 bits per heavy atom. The van der Waals surface area contributed by atoms with Crippen molar-refractivity contribution < 1.29 is 17.9 Å². The summed E-state index contributed by atoms with van der Waals surface area (Å²) in [5.41, 5.74) is -0.336. The molecular formula is C13H17FN2O3S. The standard InChI is InChI=1S/C13H17FN2O3S/c1-9(2)5-11(8-17)16-20(18,19)12-3-4-13(14)10(6-12)7-15/h3-4,6,9,11,16-17H,5,8H2,1-2H3. The molecule has 0 fully saturated rings. The zero-order valence-electron chi connectivity index (χ0n) is 11.3. The van der Waals surface area contributed by atoms with Gasteiger partial charge in [0.05, 0.1) is 17.1 Å². The summed E-state index contributed by atoms with van der Waals surface area (Å²) in [4.78, 5) is -0.197. The first-order chi connectivity index (χ1) is 9.30. The lowest BCUT2D eigenvalue weighted by atomic mass is 10.1. The normalized spacial score (nSPS) is 13.2. The third-order valence-electron chi connectivity index (χ3n) is 2.67. The number of nitriles is 1. The Morgan fingerprint density at radius 2 is 2.10 bits per heavy atom. The zero-order valence-corrected chi connectivity index (χ0v) is 12.1. The lowest BCUT2D eigenvalue weighted by molar-refractivity contribution is 0.240. The van der Waals surface area contributed by atoms with Gasteiger partial charge >= 0.3 is 0 Å². The van der Waals surface area contributed by atoms with E-state index in [0.29, 0.717) is 6.42 Å². The highest BCUT2D eigenvalue weighted by atomic mass is 32.2. The fourth-order valence-electron chi connectivity index (χ4n) is 1.77. The number of hydrogen-bond acceptors (Lipinski definition) is 4. The minimum atomic E-state index is -3.89. The Hall–Kier alpha value is -1.49. The molecule has 0 aliphatic carbocycles. The van der Waals surface area contributed by atoms with Crippen LogP contribution in [0.25, 0.3) is 0 Å². The Balaban J connectivity index is 3.02. The molecule has 1 aromatic carbocycles. The van der Waals surface area contributed by atoms with Crippen molar-refractivity contribution in [1.29, 1.82) is 5.26 Å². The first-order valence-corrected chi connectivity index (χ1v) is 7.61. The maximum atomic E-state index is 13.2. The van der Waals surface area contributed by atoms with Gasteiger partial charge in [0.25, 0.3) is 0 Å². The smallest absolute Gasteiger partial charge is 0.240 e. The fraction of sp³-hybridized carbons (Fsp3) is 0.462. The number of aliphatic hydroxyl groups is 1. The van der Waals surface area contributed by atoms with E-state index in [4.69, 9.17) is 5.26 Å². The number of sulfonamides is 1. The van der Waals surface area contributed by atoms with Crippen LogP contribution in [-0.2, 0) is 10.0 Å². The summed E-state index contributed by atoms with van der Waals surface area (Å²) in [7, 11) is -3.89. The second-order valence-corrected chi connectivity index (χ2v) is 6.60. The monoisotopic (exact) mass is 300 g/mol. The van der Waals surface area contributed by atoms with Crippen LogP contribution in [0, 0.1) is 23.1 Å². The van der Waals surface area contributed by atoms with Crippen LogP contribution in [-0.4, -0.2) is 26.2 Å².